The Morgan fingerprint density at radius 1 is 1.26 bits per heavy atom. The van der Waals surface area contributed by atoms with E-state index in [-0.39, 0.29) is 0 Å². The standard InChI is InChI=1S/C15H16N2O2/c1-10-8-13(5-7-15(18)19)4-6-14(10)17-12(3)9-11(2)16-17/h4-9H,1-3H3,(H,18,19)/b7-5+. The van der Waals surface area contributed by atoms with Crippen molar-refractivity contribution >= 4 is 12.0 Å². The van der Waals surface area contributed by atoms with Gasteiger partial charge in [-0.15, -0.1) is 0 Å². The number of rotatable bonds is 3. The van der Waals surface area contributed by atoms with Crippen molar-refractivity contribution in [3.63, 3.8) is 0 Å². The van der Waals surface area contributed by atoms with Gasteiger partial charge in [-0.2, -0.15) is 5.10 Å². The fourth-order valence-corrected chi connectivity index (χ4v) is 2.06. The summed E-state index contributed by atoms with van der Waals surface area (Å²) in [6, 6.07) is 7.82. The second kappa shape index (κ2) is 5.10. The number of carboxylic acids is 1. The number of nitrogens with zero attached hydrogens (tertiary/aromatic N) is 2. The van der Waals surface area contributed by atoms with Gasteiger partial charge in [-0.3, -0.25) is 0 Å². The van der Waals surface area contributed by atoms with E-state index in [1.165, 1.54) is 0 Å². The molecule has 0 aliphatic heterocycles. The summed E-state index contributed by atoms with van der Waals surface area (Å²) >= 11 is 0. The van der Waals surface area contributed by atoms with E-state index in [1.54, 1.807) is 6.08 Å². The number of aryl methyl sites for hydroxylation is 3. The molecule has 0 amide bonds. The van der Waals surface area contributed by atoms with Crippen LogP contribution >= 0.6 is 0 Å². The molecule has 4 nitrogen and oxygen atoms in total. The fourth-order valence-electron chi connectivity index (χ4n) is 2.06. The SMILES string of the molecule is Cc1cc(C)n(-c2ccc(/C=C/C(=O)O)cc2C)n1. The van der Waals surface area contributed by atoms with Crippen molar-refractivity contribution in [2.24, 2.45) is 0 Å². The first-order chi connectivity index (χ1) is 8.97. The summed E-state index contributed by atoms with van der Waals surface area (Å²) in [6.45, 7) is 5.96. The van der Waals surface area contributed by atoms with E-state index in [4.69, 9.17) is 5.11 Å². The normalized spacial score (nSPS) is 11.1. The van der Waals surface area contributed by atoms with Crippen molar-refractivity contribution < 1.29 is 9.90 Å². The van der Waals surface area contributed by atoms with Crippen molar-refractivity contribution in [2.75, 3.05) is 0 Å². The Kier molecular flexibility index (Phi) is 3.51. The molecule has 0 unspecified atom stereocenters. The third-order valence-corrected chi connectivity index (χ3v) is 2.88. The minimum Gasteiger partial charge on any atom is -0.478 e. The van der Waals surface area contributed by atoms with E-state index in [0.29, 0.717) is 0 Å². The average Bonchev–Trinajstić information content (AvgIpc) is 2.66. The number of carboxylic acid groups (broad SMARTS) is 1. The molecule has 19 heavy (non-hydrogen) atoms. The molecule has 0 fully saturated rings. The Balaban J connectivity index is 2.40. The summed E-state index contributed by atoms with van der Waals surface area (Å²) in [7, 11) is 0. The summed E-state index contributed by atoms with van der Waals surface area (Å²) in [5.74, 6) is -0.944. The van der Waals surface area contributed by atoms with Gasteiger partial charge < -0.3 is 5.11 Å². The second-order valence-corrected chi connectivity index (χ2v) is 4.56. The number of aliphatic carboxylic acids is 1. The van der Waals surface area contributed by atoms with Crippen LogP contribution in [-0.4, -0.2) is 20.9 Å². The second-order valence-electron chi connectivity index (χ2n) is 4.56. The Hall–Kier alpha value is -2.36. The molecule has 1 N–H and O–H groups in total. The van der Waals surface area contributed by atoms with Crippen LogP contribution in [0.3, 0.4) is 0 Å². The lowest BCUT2D eigenvalue weighted by Gasteiger charge is -2.09. The lowest BCUT2D eigenvalue weighted by atomic mass is 10.1. The van der Waals surface area contributed by atoms with E-state index in [1.807, 2.05) is 49.7 Å². The van der Waals surface area contributed by atoms with Gasteiger partial charge in [-0.1, -0.05) is 6.07 Å². The van der Waals surface area contributed by atoms with E-state index < -0.39 is 5.97 Å². The predicted molar refractivity (Wildman–Crippen MR) is 74.4 cm³/mol. The number of hydrogen-bond acceptors (Lipinski definition) is 2. The summed E-state index contributed by atoms with van der Waals surface area (Å²) < 4.78 is 1.90. The maximum atomic E-state index is 10.5. The fraction of sp³-hybridized carbons (Fsp3) is 0.200. The highest BCUT2D eigenvalue weighted by atomic mass is 16.4. The van der Waals surface area contributed by atoms with Crippen LogP contribution < -0.4 is 0 Å². The highest BCUT2D eigenvalue weighted by Crippen LogP contribution is 2.18. The van der Waals surface area contributed by atoms with E-state index >= 15 is 0 Å². The number of benzene rings is 1. The van der Waals surface area contributed by atoms with E-state index in [2.05, 4.69) is 5.10 Å². The van der Waals surface area contributed by atoms with Gasteiger partial charge >= 0.3 is 5.97 Å². The van der Waals surface area contributed by atoms with Crippen molar-refractivity contribution in [3.05, 3.63) is 52.9 Å². The first-order valence-electron chi connectivity index (χ1n) is 6.02. The summed E-state index contributed by atoms with van der Waals surface area (Å²) in [5.41, 5.74) is 4.99. The Labute approximate surface area is 112 Å². The maximum absolute atomic E-state index is 10.5. The molecule has 98 valence electrons. The van der Waals surface area contributed by atoms with Crippen LogP contribution in [0.15, 0.2) is 30.3 Å². The first-order valence-corrected chi connectivity index (χ1v) is 6.02. The predicted octanol–water partition coefficient (Wildman–Crippen LogP) is 2.90. The van der Waals surface area contributed by atoms with Crippen molar-refractivity contribution in [1.82, 2.24) is 9.78 Å². The minimum absolute atomic E-state index is 0.866. The molecule has 1 heterocycles. The highest BCUT2D eigenvalue weighted by Gasteiger charge is 2.06. The van der Waals surface area contributed by atoms with Gasteiger partial charge in [0.2, 0.25) is 0 Å². The lowest BCUT2D eigenvalue weighted by Crippen LogP contribution is -2.01. The Morgan fingerprint density at radius 2 is 2.00 bits per heavy atom. The van der Waals surface area contributed by atoms with Crippen LogP contribution in [-0.2, 0) is 4.79 Å². The van der Waals surface area contributed by atoms with Crippen molar-refractivity contribution in [3.8, 4) is 5.69 Å². The minimum atomic E-state index is -0.944. The van der Waals surface area contributed by atoms with Gasteiger partial charge in [0.15, 0.2) is 0 Å². The maximum Gasteiger partial charge on any atom is 0.328 e. The molecule has 0 atom stereocenters. The molecule has 2 rings (SSSR count). The van der Waals surface area contributed by atoms with Gasteiger partial charge in [-0.05, 0) is 56.2 Å². The van der Waals surface area contributed by atoms with Crippen LogP contribution in [0.1, 0.15) is 22.5 Å². The molecule has 4 heteroatoms. The van der Waals surface area contributed by atoms with Gasteiger partial charge in [0.05, 0.1) is 11.4 Å². The molecule has 1 aromatic carbocycles. The zero-order chi connectivity index (χ0) is 14.0. The van der Waals surface area contributed by atoms with Crippen LogP contribution in [0.4, 0.5) is 0 Å². The van der Waals surface area contributed by atoms with E-state index in [9.17, 15) is 4.79 Å². The van der Waals surface area contributed by atoms with Crippen LogP contribution in [0.2, 0.25) is 0 Å². The van der Waals surface area contributed by atoms with Gasteiger partial charge in [0.1, 0.15) is 0 Å². The zero-order valence-electron chi connectivity index (χ0n) is 11.2. The van der Waals surface area contributed by atoms with Gasteiger partial charge in [0, 0.05) is 11.8 Å². The molecule has 0 bridgehead atoms. The largest absolute Gasteiger partial charge is 0.478 e. The highest BCUT2D eigenvalue weighted by molar-refractivity contribution is 5.85. The third kappa shape index (κ3) is 2.91. The number of aromatic nitrogens is 2. The smallest absolute Gasteiger partial charge is 0.328 e. The molecular formula is C15H16N2O2. The molecule has 2 aromatic rings. The Morgan fingerprint density at radius 3 is 2.53 bits per heavy atom. The molecule has 0 saturated carbocycles. The van der Waals surface area contributed by atoms with Crippen LogP contribution in [0.5, 0.6) is 0 Å². The van der Waals surface area contributed by atoms with Gasteiger partial charge in [0.25, 0.3) is 0 Å². The molecule has 0 spiro atoms. The molecule has 0 radical (unpaired) electrons. The Bertz CT molecular complexity index is 654. The molecule has 0 aliphatic rings. The third-order valence-electron chi connectivity index (χ3n) is 2.88. The topological polar surface area (TPSA) is 55.1 Å². The average molecular weight is 256 g/mol. The zero-order valence-corrected chi connectivity index (χ0v) is 11.2. The number of hydrogen-bond donors (Lipinski definition) is 1. The van der Waals surface area contributed by atoms with Crippen LogP contribution in [0, 0.1) is 20.8 Å². The lowest BCUT2D eigenvalue weighted by molar-refractivity contribution is -0.131. The quantitative estimate of drug-likeness (QED) is 0.859. The number of carbonyl (C=O) groups is 1. The van der Waals surface area contributed by atoms with Crippen molar-refractivity contribution in [2.45, 2.75) is 20.8 Å². The molecule has 0 aliphatic carbocycles. The first kappa shape index (κ1) is 13.1. The van der Waals surface area contributed by atoms with Crippen molar-refractivity contribution in [1.29, 1.82) is 0 Å². The summed E-state index contributed by atoms with van der Waals surface area (Å²) in [6.07, 6.45) is 2.72. The summed E-state index contributed by atoms with van der Waals surface area (Å²) in [5, 5.41) is 13.1. The van der Waals surface area contributed by atoms with Crippen LogP contribution in [0.25, 0.3) is 11.8 Å². The molecular weight excluding hydrogens is 240 g/mol. The molecule has 0 saturated heterocycles. The molecule has 1 aromatic heterocycles. The van der Waals surface area contributed by atoms with E-state index in [0.717, 1.165) is 34.3 Å². The summed E-state index contributed by atoms with van der Waals surface area (Å²) in [4.78, 5) is 10.5. The van der Waals surface area contributed by atoms with Gasteiger partial charge in [-0.25, -0.2) is 9.48 Å². The monoisotopic (exact) mass is 256 g/mol.